The zero-order valence-corrected chi connectivity index (χ0v) is 15.2. The Morgan fingerprint density at radius 2 is 1.69 bits per heavy atom. The van der Waals surface area contributed by atoms with Crippen molar-refractivity contribution >= 4 is 11.7 Å². The topological polar surface area (TPSA) is 52.6 Å². The Labute approximate surface area is 154 Å². The fraction of sp³-hybridized carbons (Fsp3) is 0.409. The van der Waals surface area contributed by atoms with Gasteiger partial charge in [-0.1, -0.05) is 48.0 Å². The first-order valence-corrected chi connectivity index (χ1v) is 9.40. The van der Waals surface area contributed by atoms with Crippen LogP contribution in [-0.4, -0.2) is 34.7 Å². The number of aliphatic hydroxyl groups is 1. The highest BCUT2D eigenvalue weighted by Crippen LogP contribution is 2.45. The predicted octanol–water partition coefficient (Wildman–Crippen LogP) is 3.84. The number of nitrogens with zero attached hydrogens (tertiary/aromatic N) is 1. The molecule has 2 fully saturated rings. The zero-order chi connectivity index (χ0) is 18.1. The first-order chi connectivity index (χ1) is 12.5. The molecule has 2 aromatic carbocycles. The Kier molecular flexibility index (Phi) is 4.45. The molecular formula is C22H26N2O2. The van der Waals surface area contributed by atoms with Crippen LogP contribution in [0.5, 0.6) is 0 Å². The maximum absolute atomic E-state index is 12.5. The average molecular weight is 350 g/mol. The van der Waals surface area contributed by atoms with E-state index in [4.69, 9.17) is 0 Å². The van der Waals surface area contributed by atoms with Gasteiger partial charge in [-0.05, 0) is 49.3 Å². The van der Waals surface area contributed by atoms with E-state index in [2.05, 4.69) is 17.4 Å². The number of urea groups is 1. The number of aryl methyl sites for hydroxylation is 1. The minimum Gasteiger partial charge on any atom is -0.390 e. The molecule has 4 nitrogen and oxygen atoms in total. The molecule has 2 atom stereocenters. The molecule has 0 spiro atoms. The fourth-order valence-corrected chi connectivity index (χ4v) is 4.59. The van der Waals surface area contributed by atoms with Gasteiger partial charge in [-0.2, -0.15) is 0 Å². The van der Waals surface area contributed by atoms with Crippen molar-refractivity contribution in [3.8, 4) is 0 Å². The summed E-state index contributed by atoms with van der Waals surface area (Å²) in [5, 5.41) is 14.0. The van der Waals surface area contributed by atoms with Crippen LogP contribution in [0.3, 0.4) is 0 Å². The first-order valence-electron chi connectivity index (χ1n) is 9.40. The minimum atomic E-state index is -0.629. The van der Waals surface area contributed by atoms with Crippen molar-refractivity contribution < 1.29 is 9.90 Å². The second-order valence-electron chi connectivity index (χ2n) is 8.02. The number of amides is 2. The maximum atomic E-state index is 12.5. The number of nitrogens with one attached hydrogen (secondary N) is 1. The summed E-state index contributed by atoms with van der Waals surface area (Å²) in [4.78, 5) is 14.4. The van der Waals surface area contributed by atoms with Crippen LogP contribution in [0.1, 0.15) is 24.0 Å². The van der Waals surface area contributed by atoms with Gasteiger partial charge in [0.25, 0.3) is 0 Å². The van der Waals surface area contributed by atoms with Crippen LogP contribution < -0.4 is 5.32 Å². The van der Waals surface area contributed by atoms with Gasteiger partial charge in [0.15, 0.2) is 0 Å². The highest BCUT2D eigenvalue weighted by atomic mass is 16.3. The molecule has 26 heavy (non-hydrogen) atoms. The van der Waals surface area contributed by atoms with Gasteiger partial charge in [-0.15, -0.1) is 0 Å². The van der Waals surface area contributed by atoms with E-state index in [1.54, 1.807) is 0 Å². The summed E-state index contributed by atoms with van der Waals surface area (Å²) in [5.41, 5.74) is 2.56. The number of hydrogen-bond acceptors (Lipinski definition) is 2. The number of fused-ring (bicyclic) bond motifs is 1. The van der Waals surface area contributed by atoms with Crippen LogP contribution in [0.4, 0.5) is 10.5 Å². The Bertz CT molecular complexity index is 758. The lowest BCUT2D eigenvalue weighted by Crippen LogP contribution is -2.36. The lowest BCUT2D eigenvalue weighted by atomic mass is 9.91. The van der Waals surface area contributed by atoms with Gasteiger partial charge in [0.1, 0.15) is 0 Å². The number of anilines is 1. The molecule has 0 bridgehead atoms. The van der Waals surface area contributed by atoms with Crippen molar-refractivity contribution in [3.05, 3.63) is 65.7 Å². The number of benzene rings is 2. The van der Waals surface area contributed by atoms with E-state index in [9.17, 15) is 9.90 Å². The van der Waals surface area contributed by atoms with Crippen molar-refractivity contribution in [2.45, 2.75) is 31.8 Å². The molecule has 1 saturated heterocycles. The SMILES string of the molecule is Cc1ccc(NC(=O)N2CC3CC(O)(Cc4ccccc4)CC3C2)cc1. The maximum Gasteiger partial charge on any atom is 0.321 e. The minimum absolute atomic E-state index is 0.0325. The molecule has 136 valence electrons. The van der Waals surface area contributed by atoms with Gasteiger partial charge < -0.3 is 15.3 Å². The van der Waals surface area contributed by atoms with Crippen LogP contribution in [0.25, 0.3) is 0 Å². The second-order valence-corrected chi connectivity index (χ2v) is 8.02. The van der Waals surface area contributed by atoms with Crippen molar-refractivity contribution in [3.63, 3.8) is 0 Å². The molecule has 2 unspecified atom stereocenters. The molecule has 0 aromatic heterocycles. The van der Waals surface area contributed by atoms with Crippen LogP contribution in [-0.2, 0) is 6.42 Å². The van der Waals surface area contributed by atoms with Crippen molar-refractivity contribution in [2.75, 3.05) is 18.4 Å². The molecule has 1 heterocycles. The Morgan fingerprint density at radius 1 is 1.08 bits per heavy atom. The second kappa shape index (κ2) is 6.76. The normalized spacial score (nSPS) is 27.4. The summed E-state index contributed by atoms with van der Waals surface area (Å²) >= 11 is 0. The third-order valence-electron chi connectivity index (χ3n) is 5.83. The van der Waals surface area contributed by atoms with Crippen LogP contribution >= 0.6 is 0 Å². The zero-order valence-electron chi connectivity index (χ0n) is 15.2. The monoisotopic (exact) mass is 350 g/mol. The fourth-order valence-electron chi connectivity index (χ4n) is 4.59. The van der Waals surface area contributed by atoms with Crippen molar-refractivity contribution in [1.82, 2.24) is 4.90 Å². The van der Waals surface area contributed by atoms with E-state index in [-0.39, 0.29) is 6.03 Å². The summed E-state index contributed by atoms with van der Waals surface area (Å²) in [6, 6.07) is 18.0. The van der Waals surface area contributed by atoms with E-state index >= 15 is 0 Å². The lowest BCUT2D eigenvalue weighted by molar-refractivity contribution is 0.0368. The Balaban J connectivity index is 1.34. The number of hydrogen-bond donors (Lipinski definition) is 2. The third-order valence-corrected chi connectivity index (χ3v) is 5.83. The molecule has 2 aromatic rings. The van der Waals surface area contributed by atoms with E-state index in [1.165, 1.54) is 11.1 Å². The van der Waals surface area contributed by atoms with E-state index in [0.29, 0.717) is 18.3 Å². The van der Waals surface area contributed by atoms with E-state index in [1.807, 2.05) is 54.3 Å². The quantitative estimate of drug-likeness (QED) is 0.884. The van der Waals surface area contributed by atoms with Crippen LogP contribution in [0, 0.1) is 18.8 Å². The van der Waals surface area contributed by atoms with Crippen LogP contribution in [0.2, 0.25) is 0 Å². The smallest absolute Gasteiger partial charge is 0.321 e. The van der Waals surface area contributed by atoms with Gasteiger partial charge in [0.05, 0.1) is 5.60 Å². The molecule has 2 N–H and O–H groups in total. The summed E-state index contributed by atoms with van der Waals surface area (Å²) in [6.07, 6.45) is 2.26. The summed E-state index contributed by atoms with van der Waals surface area (Å²) < 4.78 is 0. The van der Waals surface area contributed by atoms with E-state index < -0.39 is 5.60 Å². The molecule has 2 aliphatic rings. The van der Waals surface area contributed by atoms with Gasteiger partial charge in [-0.3, -0.25) is 0 Å². The van der Waals surface area contributed by atoms with Crippen LogP contribution in [0.15, 0.2) is 54.6 Å². The molecule has 4 heteroatoms. The van der Waals surface area contributed by atoms with Gasteiger partial charge in [0, 0.05) is 25.2 Å². The summed E-state index contributed by atoms with van der Waals surface area (Å²) in [5.74, 6) is 0.792. The van der Waals surface area contributed by atoms with E-state index in [0.717, 1.165) is 31.6 Å². The molecule has 0 radical (unpaired) electrons. The predicted molar refractivity (Wildman–Crippen MR) is 103 cm³/mol. The molecule has 1 saturated carbocycles. The summed E-state index contributed by atoms with van der Waals surface area (Å²) in [7, 11) is 0. The Hall–Kier alpha value is -2.33. The Morgan fingerprint density at radius 3 is 2.31 bits per heavy atom. The average Bonchev–Trinajstić information content (AvgIpc) is 3.12. The molecule has 1 aliphatic heterocycles. The van der Waals surface area contributed by atoms with Gasteiger partial charge in [0.2, 0.25) is 0 Å². The molecule has 4 rings (SSSR count). The third kappa shape index (κ3) is 3.61. The highest BCUT2D eigenvalue weighted by Gasteiger charge is 2.49. The van der Waals surface area contributed by atoms with Crippen molar-refractivity contribution in [2.24, 2.45) is 11.8 Å². The first kappa shape index (κ1) is 17.1. The standard InChI is InChI=1S/C22H26N2O2/c1-16-7-9-20(10-8-16)23-21(25)24-14-18-12-22(26,13-19(18)15-24)11-17-5-3-2-4-6-17/h2-10,18-19,26H,11-15H2,1H3,(H,23,25). The van der Waals surface area contributed by atoms with Crippen molar-refractivity contribution in [1.29, 1.82) is 0 Å². The lowest BCUT2D eigenvalue weighted by Gasteiger charge is -2.26. The largest absolute Gasteiger partial charge is 0.390 e. The number of carbonyl (C=O) groups is 1. The number of rotatable bonds is 3. The molecule has 2 amide bonds. The number of carbonyl (C=O) groups excluding carboxylic acids is 1. The molecule has 1 aliphatic carbocycles. The number of likely N-dealkylation sites (tertiary alicyclic amines) is 1. The summed E-state index contributed by atoms with van der Waals surface area (Å²) in [6.45, 7) is 3.50. The highest BCUT2D eigenvalue weighted by molar-refractivity contribution is 5.89. The van der Waals surface area contributed by atoms with Gasteiger partial charge in [-0.25, -0.2) is 4.79 Å². The molecular weight excluding hydrogens is 324 g/mol. The van der Waals surface area contributed by atoms with Gasteiger partial charge >= 0.3 is 6.03 Å².